The molecule has 1 heterocycles. The summed E-state index contributed by atoms with van der Waals surface area (Å²) in [5, 5.41) is 4.25. The van der Waals surface area contributed by atoms with Gasteiger partial charge in [-0.15, -0.1) is 0 Å². The summed E-state index contributed by atoms with van der Waals surface area (Å²) in [4.78, 5) is 11.8. The van der Waals surface area contributed by atoms with Crippen LogP contribution in [0, 0.1) is 6.92 Å². The van der Waals surface area contributed by atoms with Gasteiger partial charge in [0, 0.05) is 7.05 Å². The zero-order valence-corrected chi connectivity index (χ0v) is 12.6. The van der Waals surface area contributed by atoms with Crippen LogP contribution in [-0.4, -0.2) is 27.8 Å². The SMILES string of the molecule is Cc1nn(C)c(CC(=O)COC(C)(C)C)c1Br. The van der Waals surface area contributed by atoms with Gasteiger partial charge < -0.3 is 4.74 Å². The molecule has 1 aromatic rings. The molecule has 0 bridgehead atoms. The fraction of sp³-hybridized carbons (Fsp3) is 0.667. The van der Waals surface area contributed by atoms with Gasteiger partial charge in [0.1, 0.15) is 6.61 Å². The van der Waals surface area contributed by atoms with Crippen LogP contribution in [0.2, 0.25) is 0 Å². The predicted molar refractivity (Wildman–Crippen MR) is 70.1 cm³/mol. The minimum atomic E-state index is -0.282. The third-order valence-corrected chi connectivity index (χ3v) is 3.32. The van der Waals surface area contributed by atoms with E-state index in [1.165, 1.54) is 0 Å². The molecule has 0 aliphatic rings. The van der Waals surface area contributed by atoms with Crippen LogP contribution < -0.4 is 0 Å². The van der Waals surface area contributed by atoms with Crippen LogP contribution in [0.3, 0.4) is 0 Å². The first-order chi connectivity index (χ1) is 7.70. The van der Waals surface area contributed by atoms with E-state index in [0.717, 1.165) is 15.9 Å². The van der Waals surface area contributed by atoms with E-state index in [0.29, 0.717) is 6.42 Å². The van der Waals surface area contributed by atoms with Crippen LogP contribution in [0.25, 0.3) is 0 Å². The van der Waals surface area contributed by atoms with Gasteiger partial charge in [0.05, 0.1) is 27.9 Å². The lowest BCUT2D eigenvalue weighted by atomic mass is 10.2. The first-order valence-corrected chi connectivity index (χ1v) is 6.33. The summed E-state index contributed by atoms with van der Waals surface area (Å²) in [6, 6.07) is 0. The molecule has 96 valence electrons. The number of rotatable bonds is 4. The summed E-state index contributed by atoms with van der Waals surface area (Å²) in [6.45, 7) is 7.85. The lowest BCUT2D eigenvalue weighted by Crippen LogP contribution is -2.24. The standard InChI is InChI=1S/C12H19BrN2O2/c1-8-11(13)10(15(5)14-8)6-9(16)7-17-12(2,3)4/h6-7H2,1-5H3. The first-order valence-electron chi connectivity index (χ1n) is 5.54. The third-order valence-electron chi connectivity index (χ3n) is 2.29. The molecule has 0 aromatic carbocycles. The molecule has 0 saturated heterocycles. The second-order valence-corrected chi connectivity index (χ2v) is 5.88. The maximum absolute atomic E-state index is 11.8. The Morgan fingerprint density at radius 2 is 2.06 bits per heavy atom. The van der Waals surface area contributed by atoms with Gasteiger partial charge in [0.2, 0.25) is 0 Å². The summed E-state index contributed by atoms with van der Waals surface area (Å²) in [6.07, 6.45) is 0.341. The van der Waals surface area contributed by atoms with Gasteiger partial charge in [-0.05, 0) is 43.6 Å². The normalized spacial score (nSPS) is 11.9. The van der Waals surface area contributed by atoms with Crippen LogP contribution in [0.4, 0.5) is 0 Å². The van der Waals surface area contributed by atoms with Crippen molar-refractivity contribution in [2.24, 2.45) is 7.05 Å². The Labute approximate surface area is 110 Å². The highest BCUT2D eigenvalue weighted by Crippen LogP contribution is 2.20. The molecule has 0 fully saturated rings. The number of aromatic nitrogens is 2. The fourth-order valence-electron chi connectivity index (χ4n) is 1.41. The van der Waals surface area contributed by atoms with Crippen molar-refractivity contribution in [1.82, 2.24) is 9.78 Å². The maximum atomic E-state index is 11.8. The number of ether oxygens (including phenoxy) is 1. The minimum absolute atomic E-state index is 0.0589. The van der Waals surface area contributed by atoms with Gasteiger partial charge in [-0.2, -0.15) is 5.10 Å². The lowest BCUT2D eigenvalue weighted by molar-refractivity contribution is -0.127. The average molecular weight is 303 g/mol. The van der Waals surface area contributed by atoms with Crippen molar-refractivity contribution in [2.75, 3.05) is 6.61 Å². The second kappa shape index (κ2) is 5.31. The monoisotopic (exact) mass is 302 g/mol. The predicted octanol–water partition coefficient (Wildman–Crippen LogP) is 2.42. The van der Waals surface area contributed by atoms with Crippen LogP contribution in [-0.2, 0) is 23.0 Å². The van der Waals surface area contributed by atoms with Crippen molar-refractivity contribution in [3.63, 3.8) is 0 Å². The second-order valence-electron chi connectivity index (χ2n) is 5.09. The van der Waals surface area contributed by atoms with Crippen LogP contribution in [0.1, 0.15) is 32.2 Å². The molecule has 0 amide bonds. The van der Waals surface area contributed by atoms with E-state index in [-0.39, 0.29) is 18.0 Å². The molecule has 17 heavy (non-hydrogen) atoms. The lowest BCUT2D eigenvalue weighted by Gasteiger charge is -2.18. The van der Waals surface area contributed by atoms with Crippen molar-refractivity contribution >= 4 is 21.7 Å². The van der Waals surface area contributed by atoms with E-state index in [2.05, 4.69) is 21.0 Å². The van der Waals surface area contributed by atoms with Crippen LogP contribution >= 0.6 is 15.9 Å². The number of carbonyl (C=O) groups excluding carboxylic acids is 1. The largest absolute Gasteiger partial charge is 0.368 e. The van der Waals surface area contributed by atoms with Gasteiger partial charge >= 0.3 is 0 Å². The van der Waals surface area contributed by atoms with Gasteiger partial charge in [0.15, 0.2) is 5.78 Å². The number of halogens is 1. The molecular weight excluding hydrogens is 284 g/mol. The number of hydrogen-bond acceptors (Lipinski definition) is 3. The average Bonchev–Trinajstić information content (AvgIpc) is 2.41. The highest BCUT2D eigenvalue weighted by atomic mass is 79.9. The van der Waals surface area contributed by atoms with Gasteiger partial charge in [-0.3, -0.25) is 9.48 Å². The molecule has 0 spiro atoms. The highest BCUT2D eigenvalue weighted by Gasteiger charge is 2.17. The topological polar surface area (TPSA) is 44.1 Å². The molecule has 0 unspecified atom stereocenters. The van der Waals surface area contributed by atoms with Crippen molar-refractivity contribution in [1.29, 1.82) is 0 Å². The van der Waals surface area contributed by atoms with E-state index in [1.54, 1.807) is 4.68 Å². The van der Waals surface area contributed by atoms with Crippen molar-refractivity contribution in [3.05, 3.63) is 15.9 Å². The number of nitrogens with zero attached hydrogens (tertiary/aromatic N) is 2. The summed E-state index contributed by atoms with van der Waals surface area (Å²) in [7, 11) is 1.84. The molecule has 0 N–H and O–H groups in total. The molecule has 5 heteroatoms. The Morgan fingerprint density at radius 1 is 1.47 bits per heavy atom. The van der Waals surface area contributed by atoms with Gasteiger partial charge in [0.25, 0.3) is 0 Å². The summed E-state index contributed by atoms with van der Waals surface area (Å²) in [5.74, 6) is 0.0589. The van der Waals surface area contributed by atoms with Crippen molar-refractivity contribution in [2.45, 2.75) is 39.7 Å². The molecule has 0 radical (unpaired) electrons. The van der Waals surface area contributed by atoms with E-state index in [1.807, 2.05) is 34.7 Å². The number of aryl methyl sites for hydroxylation is 2. The minimum Gasteiger partial charge on any atom is -0.368 e. The maximum Gasteiger partial charge on any atom is 0.164 e. The van der Waals surface area contributed by atoms with E-state index < -0.39 is 0 Å². The van der Waals surface area contributed by atoms with Gasteiger partial charge in [-0.1, -0.05) is 0 Å². The Bertz CT molecular complexity index is 419. The third kappa shape index (κ3) is 4.24. The molecule has 0 aliphatic carbocycles. The molecule has 0 aliphatic heterocycles. The Morgan fingerprint density at radius 3 is 2.47 bits per heavy atom. The number of carbonyl (C=O) groups is 1. The Kier molecular flexibility index (Phi) is 4.49. The van der Waals surface area contributed by atoms with Crippen LogP contribution in [0.15, 0.2) is 4.47 Å². The van der Waals surface area contributed by atoms with Crippen molar-refractivity contribution < 1.29 is 9.53 Å². The Hall–Kier alpha value is -0.680. The number of Topliss-reactive ketones (excluding diaryl/α,β-unsaturated/α-hetero) is 1. The summed E-state index contributed by atoms with van der Waals surface area (Å²) in [5.41, 5.74) is 1.51. The summed E-state index contributed by atoms with van der Waals surface area (Å²) < 4.78 is 8.09. The molecule has 1 rings (SSSR count). The molecule has 4 nitrogen and oxygen atoms in total. The van der Waals surface area contributed by atoms with Gasteiger partial charge in [-0.25, -0.2) is 0 Å². The molecule has 0 atom stereocenters. The molecule has 1 aromatic heterocycles. The summed E-state index contributed by atoms with van der Waals surface area (Å²) >= 11 is 3.44. The Balaban J connectivity index is 2.63. The quantitative estimate of drug-likeness (QED) is 0.858. The molecular formula is C12H19BrN2O2. The van der Waals surface area contributed by atoms with E-state index in [4.69, 9.17) is 4.74 Å². The fourth-order valence-corrected chi connectivity index (χ4v) is 1.88. The smallest absolute Gasteiger partial charge is 0.164 e. The number of hydrogen-bond donors (Lipinski definition) is 0. The van der Waals surface area contributed by atoms with Crippen LogP contribution in [0.5, 0.6) is 0 Å². The van der Waals surface area contributed by atoms with E-state index >= 15 is 0 Å². The first kappa shape index (κ1) is 14.4. The van der Waals surface area contributed by atoms with Crippen molar-refractivity contribution in [3.8, 4) is 0 Å². The van der Waals surface area contributed by atoms with E-state index in [9.17, 15) is 4.79 Å². The highest BCUT2D eigenvalue weighted by molar-refractivity contribution is 9.10. The number of ketones is 1. The molecule has 0 saturated carbocycles. The zero-order valence-electron chi connectivity index (χ0n) is 11.0. The zero-order chi connectivity index (χ0) is 13.2.